The third kappa shape index (κ3) is 3.09. The molecule has 0 spiro atoms. The lowest BCUT2D eigenvalue weighted by Gasteiger charge is -2.08. The third-order valence-corrected chi connectivity index (χ3v) is 2.90. The average molecular weight is 280 g/mol. The van der Waals surface area contributed by atoms with E-state index >= 15 is 0 Å². The zero-order chi connectivity index (χ0) is 13.8. The van der Waals surface area contributed by atoms with Gasteiger partial charge in [0.15, 0.2) is 11.6 Å². The first-order valence-electron chi connectivity index (χ1n) is 5.57. The summed E-state index contributed by atoms with van der Waals surface area (Å²) in [6.07, 6.45) is 2.42. The summed E-state index contributed by atoms with van der Waals surface area (Å²) < 4.78 is 18.6. The lowest BCUT2D eigenvalue weighted by molar-refractivity contribution is 0.0988. The number of halogens is 2. The lowest BCUT2D eigenvalue weighted by atomic mass is 10.0. The Hall–Kier alpha value is -1.94. The molecule has 2 rings (SSSR count). The van der Waals surface area contributed by atoms with Gasteiger partial charge in [0, 0.05) is 23.2 Å². The topological polar surface area (TPSA) is 39.2 Å². The highest BCUT2D eigenvalue weighted by Crippen LogP contribution is 2.24. The predicted octanol–water partition coefficient (Wildman–Crippen LogP) is 3.31. The molecule has 1 heterocycles. The third-order valence-electron chi connectivity index (χ3n) is 2.67. The molecule has 0 aliphatic carbocycles. The van der Waals surface area contributed by atoms with E-state index in [-0.39, 0.29) is 17.8 Å². The van der Waals surface area contributed by atoms with Gasteiger partial charge in [-0.25, -0.2) is 4.39 Å². The SMILES string of the molecule is COc1ccc(Cl)cc1CC(=O)c1ccncc1F. The number of hydrogen-bond acceptors (Lipinski definition) is 3. The highest BCUT2D eigenvalue weighted by atomic mass is 35.5. The molecule has 1 aromatic carbocycles. The molecule has 0 N–H and O–H groups in total. The van der Waals surface area contributed by atoms with E-state index in [1.54, 1.807) is 18.2 Å². The van der Waals surface area contributed by atoms with Crippen LogP contribution in [0.3, 0.4) is 0 Å². The van der Waals surface area contributed by atoms with E-state index in [1.165, 1.54) is 19.4 Å². The van der Waals surface area contributed by atoms with E-state index < -0.39 is 5.82 Å². The van der Waals surface area contributed by atoms with Crippen molar-refractivity contribution in [3.05, 3.63) is 58.6 Å². The largest absolute Gasteiger partial charge is 0.496 e. The molecule has 0 aliphatic heterocycles. The van der Waals surface area contributed by atoms with Crippen LogP contribution in [-0.4, -0.2) is 17.9 Å². The summed E-state index contributed by atoms with van der Waals surface area (Å²) in [5.74, 6) is -0.429. The minimum atomic E-state index is -0.631. The van der Waals surface area contributed by atoms with Crippen LogP contribution in [0.25, 0.3) is 0 Å². The molecule has 0 saturated carbocycles. The Labute approximate surface area is 115 Å². The molecule has 0 bridgehead atoms. The lowest BCUT2D eigenvalue weighted by Crippen LogP contribution is -2.07. The molecule has 3 nitrogen and oxygen atoms in total. The molecule has 0 fully saturated rings. The summed E-state index contributed by atoms with van der Waals surface area (Å²) in [5.41, 5.74) is 0.633. The number of carbonyl (C=O) groups is 1. The number of aromatic nitrogens is 1. The van der Waals surface area contributed by atoms with Crippen LogP contribution >= 0.6 is 11.6 Å². The zero-order valence-corrected chi connectivity index (χ0v) is 10.9. The molecular weight excluding hydrogens is 269 g/mol. The van der Waals surface area contributed by atoms with Crippen LogP contribution in [0.2, 0.25) is 5.02 Å². The van der Waals surface area contributed by atoms with Crippen molar-refractivity contribution in [2.45, 2.75) is 6.42 Å². The van der Waals surface area contributed by atoms with Crippen LogP contribution in [0.5, 0.6) is 5.75 Å². The van der Waals surface area contributed by atoms with E-state index in [9.17, 15) is 9.18 Å². The van der Waals surface area contributed by atoms with Gasteiger partial charge in [0.1, 0.15) is 5.75 Å². The summed E-state index contributed by atoms with van der Waals surface area (Å²) in [6, 6.07) is 6.33. The van der Waals surface area contributed by atoms with Gasteiger partial charge in [-0.15, -0.1) is 0 Å². The first-order chi connectivity index (χ1) is 9.11. The van der Waals surface area contributed by atoms with Crippen LogP contribution in [0, 0.1) is 5.82 Å². The Balaban J connectivity index is 2.29. The standard InChI is InChI=1S/C14H11ClFNO2/c1-19-14-3-2-10(15)6-9(14)7-13(18)11-4-5-17-8-12(11)16/h2-6,8H,7H2,1H3. The molecule has 0 amide bonds. The van der Waals surface area contributed by atoms with E-state index in [0.717, 1.165) is 6.20 Å². The second-order valence-electron chi connectivity index (χ2n) is 3.91. The maximum Gasteiger partial charge on any atom is 0.170 e. The second-order valence-corrected chi connectivity index (χ2v) is 4.35. The fourth-order valence-corrected chi connectivity index (χ4v) is 1.95. The Morgan fingerprint density at radius 2 is 2.21 bits per heavy atom. The number of ether oxygens (including phenoxy) is 1. The van der Waals surface area contributed by atoms with Gasteiger partial charge in [0.2, 0.25) is 0 Å². The number of carbonyl (C=O) groups excluding carboxylic acids is 1. The smallest absolute Gasteiger partial charge is 0.170 e. The molecular formula is C14H11ClFNO2. The molecule has 19 heavy (non-hydrogen) atoms. The summed E-state index contributed by atoms with van der Waals surface area (Å²) >= 11 is 5.88. The fourth-order valence-electron chi connectivity index (χ4n) is 1.75. The van der Waals surface area contributed by atoms with Crippen molar-refractivity contribution >= 4 is 17.4 Å². The quantitative estimate of drug-likeness (QED) is 0.806. The van der Waals surface area contributed by atoms with E-state index in [1.807, 2.05) is 0 Å². The summed E-state index contributed by atoms with van der Waals surface area (Å²) in [4.78, 5) is 15.7. The van der Waals surface area contributed by atoms with Crippen LogP contribution in [0.1, 0.15) is 15.9 Å². The monoisotopic (exact) mass is 279 g/mol. The van der Waals surface area contributed by atoms with E-state index in [4.69, 9.17) is 16.3 Å². The number of ketones is 1. The van der Waals surface area contributed by atoms with Crippen molar-refractivity contribution in [1.29, 1.82) is 0 Å². The average Bonchev–Trinajstić information content (AvgIpc) is 2.39. The number of Topliss-reactive ketones (excluding diaryl/α,β-unsaturated/α-hetero) is 1. The first kappa shape index (κ1) is 13.5. The van der Waals surface area contributed by atoms with Crippen molar-refractivity contribution in [3.8, 4) is 5.75 Å². The van der Waals surface area contributed by atoms with E-state index in [2.05, 4.69) is 4.98 Å². The Bertz CT molecular complexity index is 616. The summed E-state index contributed by atoms with van der Waals surface area (Å²) in [7, 11) is 1.50. The van der Waals surface area contributed by atoms with Gasteiger partial charge in [0.25, 0.3) is 0 Å². The summed E-state index contributed by atoms with van der Waals surface area (Å²) in [5, 5.41) is 0.499. The molecule has 0 atom stereocenters. The minimum absolute atomic E-state index is 0.0111. The highest BCUT2D eigenvalue weighted by Gasteiger charge is 2.14. The molecule has 0 unspecified atom stereocenters. The zero-order valence-electron chi connectivity index (χ0n) is 10.2. The predicted molar refractivity (Wildman–Crippen MR) is 70.2 cm³/mol. The highest BCUT2D eigenvalue weighted by molar-refractivity contribution is 6.30. The van der Waals surface area contributed by atoms with Gasteiger partial charge in [-0.2, -0.15) is 0 Å². The number of hydrogen-bond donors (Lipinski definition) is 0. The maximum atomic E-state index is 13.5. The van der Waals surface area contributed by atoms with Crippen molar-refractivity contribution in [1.82, 2.24) is 4.98 Å². The molecule has 0 aliphatic rings. The van der Waals surface area contributed by atoms with Crippen LogP contribution in [0.15, 0.2) is 36.7 Å². The maximum absolute atomic E-state index is 13.5. The van der Waals surface area contributed by atoms with Gasteiger partial charge >= 0.3 is 0 Å². The molecule has 0 radical (unpaired) electrons. The minimum Gasteiger partial charge on any atom is -0.496 e. The number of methoxy groups -OCH3 is 1. The van der Waals surface area contributed by atoms with Crippen molar-refractivity contribution in [2.75, 3.05) is 7.11 Å². The van der Waals surface area contributed by atoms with Gasteiger partial charge in [-0.05, 0) is 24.3 Å². The van der Waals surface area contributed by atoms with Crippen molar-refractivity contribution in [2.24, 2.45) is 0 Å². The number of rotatable bonds is 4. The Morgan fingerprint density at radius 1 is 1.42 bits per heavy atom. The fraction of sp³-hybridized carbons (Fsp3) is 0.143. The molecule has 0 saturated heterocycles. The van der Waals surface area contributed by atoms with Gasteiger partial charge in [-0.3, -0.25) is 9.78 Å². The van der Waals surface area contributed by atoms with Gasteiger partial charge in [0.05, 0.1) is 18.9 Å². The summed E-state index contributed by atoms with van der Waals surface area (Å²) in [6.45, 7) is 0. The van der Waals surface area contributed by atoms with Crippen LogP contribution in [-0.2, 0) is 6.42 Å². The van der Waals surface area contributed by atoms with Crippen molar-refractivity contribution < 1.29 is 13.9 Å². The Kier molecular flexibility index (Phi) is 4.12. The molecule has 98 valence electrons. The molecule has 1 aromatic heterocycles. The van der Waals surface area contributed by atoms with E-state index in [0.29, 0.717) is 16.3 Å². The normalized spacial score (nSPS) is 10.3. The molecule has 2 aromatic rings. The molecule has 5 heteroatoms. The van der Waals surface area contributed by atoms with Crippen LogP contribution in [0.4, 0.5) is 4.39 Å². The van der Waals surface area contributed by atoms with Crippen LogP contribution < -0.4 is 4.74 Å². The second kappa shape index (κ2) is 5.80. The number of pyridine rings is 1. The number of nitrogens with zero attached hydrogens (tertiary/aromatic N) is 1. The Morgan fingerprint density at radius 3 is 2.89 bits per heavy atom. The van der Waals surface area contributed by atoms with Gasteiger partial charge in [-0.1, -0.05) is 11.6 Å². The number of benzene rings is 1. The van der Waals surface area contributed by atoms with Gasteiger partial charge < -0.3 is 4.74 Å². The van der Waals surface area contributed by atoms with Crippen molar-refractivity contribution in [3.63, 3.8) is 0 Å². The first-order valence-corrected chi connectivity index (χ1v) is 5.94.